The lowest BCUT2D eigenvalue weighted by Crippen LogP contribution is -2.27. The number of nitrogens with zero attached hydrogens (tertiary/aromatic N) is 1. The zero-order valence-electron chi connectivity index (χ0n) is 10.5. The standard InChI is InChI=1S/C15H17Cl2N/c1-11-4-6-15(10-18,7-5-11)9-12-2-3-13(16)8-14(12)17/h2-3,8,11H,4-7,9H2,1H3. The summed E-state index contributed by atoms with van der Waals surface area (Å²) in [6.07, 6.45) is 4.97. The maximum atomic E-state index is 9.52. The third-order valence-corrected chi connectivity index (χ3v) is 4.60. The van der Waals surface area contributed by atoms with Crippen LogP contribution in [0.2, 0.25) is 10.0 Å². The minimum absolute atomic E-state index is 0.232. The Morgan fingerprint density at radius 1 is 1.33 bits per heavy atom. The Labute approximate surface area is 119 Å². The molecule has 0 saturated heterocycles. The molecule has 0 spiro atoms. The van der Waals surface area contributed by atoms with Crippen molar-refractivity contribution in [1.29, 1.82) is 5.26 Å². The summed E-state index contributed by atoms with van der Waals surface area (Å²) in [6.45, 7) is 2.26. The van der Waals surface area contributed by atoms with Gasteiger partial charge in [0.05, 0.1) is 11.5 Å². The van der Waals surface area contributed by atoms with Crippen molar-refractivity contribution in [3.8, 4) is 6.07 Å². The van der Waals surface area contributed by atoms with Gasteiger partial charge in [0.15, 0.2) is 0 Å². The highest BCUT2D eigenvalue weighted by Crippen LogP contribution is 2.42. The number of nitriles is 1. The van der Waals surface area contributed by atoms with Gasteiger partial charge in [0.25, 0.3) is 0 Å². The van der Waals surface area contributed by atoms with E-state index in [1.54, 1.807) is 6.07 Å². The molecule has 0 radical (unpaired) electrons. The van der Waals surface area contributed by atoms with Crippen LogP contribution in [-0.4, -0.2) is 0 Å². The van der Waals surface area contributed by atoms with Crippen molar-refractivity contribution >= 4 is 23.2 Å². The lowest BCUT2D eigenvalue weighted by Gasteiger charge is -2.34. The third kappa shape index (κ3) is 2.99. The second kappa shape index (κ2) is 5.51. The highest BCUT2D eigenvalue weighted by Gasteiger charge is 2.34. The molecular formula is C15H17Cl2N. The van der Waals surface area contributed by atoms with Crippen molar-refractivity contribution in [2.75, 3.05) is 0 Å². The van der Waals surface area contributed by atoms with Crippen molar-refractivity contribution in [2.24, 2.45) is 11.3 Å². The second-order valence-electron chi connectivity index (χ2n) is 5.49. The molecule has 1 fully saturated rings. The molecular weight excluding hydrogens is 265 g/mol. The molecule has 0 atom stereocenters. The van der Waals surface area contributed by atoms with Gasteiger partial charge in [-0.1, -0.05) is 36.2 Å². The number of benzene rings is 1. The average Bonchev–Trinajstić information content (AvgIpc) is 2.36. The quantitative estimate of drug-likeness (QED) is 0.726. The van der Waals surface area contributed by atoms with Gasteiger partial charge >= 0.3 is 0 Å². The van der Waals surface area contributed by atoms with E-state index in [0.29, 0.717) is 10.0 Å². The Kier molecular flexibility index (Phi) is 4.20. The van der Waals surface area contributed by atoms with Gasteiger partial charge in [-0.3, -0.25) is 0 Å². The largest absolute Gasteiger partial charge is 0.198 e. The van der Waals surface area contributed by atoms with E-state index in [2.05, 4.69) is 13.0 Å². The molecule has 1 aliphatic rings. The smallest absolute Gasteiger partial charge is 0.0693 e. The van der Waals surface area contributed by atoms with E-state index in [4.69, 9.17) is 23.2 Å². The Morgan fingerprint density at radius 2 is 2.00 bits per heavy atom. The summed E-state index contributed by atoms with van der Waals surface area (Å²) in [5.41, 5.74) is 0.807. The van der Waals surface area contributed by atoms with Crippen molar-refractivity contribution in [3.05, 3.63) is 33.8 Å². The van der Waals surface area contributed by atoms with Crippen molar-refractivity contribution in [3.63, 3.8) is 0 Å². The fourth-order valence-corrected chi connectivity index (χ4v) is 3.15. The summed E-state index contributed by atoms with van der Waals surface area (Å²) in [5, 5.41) is 10.8. The number of rotatable bonds is 2. The van der Waals surface area contributed by atoms with Crippen LogP contribution in [-0.2, 0) is 6.42 Å². The fraction of sp³-hybridized carbons (Fsp3) is 0.533. The molecule has 0 amide bonds. The van der Waals surface area contributed by atoms with Crippen LogP contribution < -0.4 is 0 Å². The van der Waals surface area contributed by atoms with E-state index in [-0.39, 0.29) is 5.41 Å². The molecule has 0 N–H and O–H groups in total. The van der Waals surface area contributed by atoms with E-state index in [9.17, 15) is 5.26 Å². The molecule has 18 heavy (non-hydrogen) atoms. The molecule has 96 valence electrons. The topological polar surface area (TPSA) is 23.8 Å². The molecule has 2 rings (SSSR count). The number of hydrogen-bond donors (Lipinski definition) is 0. The van der Waals surface area contributed by atoms with E-state index >= 15 is 0 Å². The molecule has 1 saturated carbocycles. The summed E-state index contributed by atoms with van der Waals surface area (Å²) in [6, 6.07) is 8.09. The van der Waals surface area contributed by atoms with E-state index in [1.165, 1.54) is 0 Å². The van der Waals surface area contributed by atoms with Gasteiger partial charge in [-0.25, -0.2) is 0 Å². The summed E-state index contributed by atoms with van der Waals surface area (Å²) >= 11 is 12.1. The fourth-order valence-electron chi connectivity index (χ4n) is 2.67. The number of halogens is 2. The molecule has 3 heteroatoms. The summed E-state index contributed by atoms with van der Waals surface area (Å²) in [5.74, 6) is 0.743. The first-order chi connectivity index (χ1) is 8.54. The van der Waals surface area contributed by atoms with Crippen LogP contribution in [0.5, 0.6) is 0 Å². The van der Waals surface area contributed by atoms with Gasteiger partial charge in [0.2, 0.25) is 0 Å². The molecule has 0 aromatic heterocycles. The van der Waals surface area contributed by atoms with Crippen LogP contribution in [0.4, 0.5) is 0 Å². The van der Waals surface area contributed by atoms with Crippen LogP contribution in [0.25, 0.3) is 0 Å². The van der Waals surface area contributed by atoms with Crippen molar-refractivity contribution in [2.45, 2.75) is 39.0 Å². The van der Waals surface area contributed by atoms with E-state index in [1.807, 2.05) is 12.1 Å². The lowest BCUT2D eigenvalue weighted by atomic mass is 9.69. The minimum Gasteiger partial charge on any atom is -0.198 e. The average molecular weight is 282 g/mol. The predicted molar refractivity (Wildman–Crippen MR) is 75.8 cm³/mol. The highest BCUT2D eigenvalue weighted by atomic mass is 35.5. The van der Waals surface area contributed by atoms with Gasteiger partial charge < -0.3 is 0 Å². The van der Waals surface area contributed by atoms with Gasteiger partial charge in [0, 0.05) is 10.0 Å². The summed E-state index contributed by atoms with van der Waals surface area (Å²) < 4.78 is 0. The Morgan fingerprint density at radius 3 is 2.56 bits per heavy atom. The van der Waals surface area contributed by atoms with Crippen molar-refractivity contribution in [1.82, 2.24) is 0 Å². The molecule has 1 nitrogen and oxygen atoms in total. The molecule has 0 unspecified atom stereocenters. The molecule has 1 aromatic carbocycles. The molecule has 0 heterocycles. The number of hydrogen-bond acceptors (Lipinski definition) is 1. The first kappa shape index (κ1) is 13.7. The van der Waals surface area contributed by atoms with Crippen LogP contribution in [0, 0.1) is 22.7 Å². The summed E-state index contributed by atoms with van der Waals surface area (Å²) in [7, 11) is 0. The van der Waals surface area contributed by atoms with Gasteiger partial charge in [0.1, 0.15) is 0 Å². The van der Waals surface area contributed by atoms with E-state index in [0.717, 1.165) is 43.6 Å². The Hall–Kier alpha value is -0.710. The van der Waals surface area contributed by atoms with E-state index < -0.39 is 0 Å². The maximum absolute atomic E-state index is 9.52. The second-order valence-corrected chi connectivity index (χ2v) is 6.33. The van der Waals surface area contributed by atoms with Gasteiger partial charge in [-0.05, 0) is 55.7 Å². The SMILES string of the molecule is CC1CCC(C#N)(Cc2ccc(Cl)cc2Cl)CC1. The predicted octanol–water partition coefficient (Wildman–Crippen LogP) is 5.26. The van der Waals surface area contributed by atoms with Crippen LogP contribution in [0.15, 0.2) is 18.2 Å². The van der Waals surface area contributed by atoms with Crippen molar-refractivity contribution < 1.29 is 0 Å². The zero-order valence-corrected chi connectivity index (χ0v) is 12.1. The third-order valence-electron chi connectivity index (χ3n) is 4.01. The molecule has 1 aromatic rings. The summed E-state index contributed by atoms with van der Waals surface area (Å²) in [4.78, 5) is 0. The maximum Gasteiger partial charge on any atom is 0.0693 e. The normalized spacial score (nSPS) is 27.8. The van der Waals surface area contributed by atoms with Gasteiger partial charge in [-0.2, -0.15) is 5.26 Å². The first-order valence-electron chi connectivity index (χ1n) is 6.40. The zero-order chi connectivity index (χ0) is 13.2. The molecule has 0 bridgehead atoms. The molecule has 0 aliphatic heterocycles. The van der Waals surface area contributed by atoms with Crippen LogP contribution in [0.3, 0.4) is 0 Å². The minimum atomic E-state index is -0.232. The van der Waals surface area contributed by atoms with Crippen LogP contribution >= 0.6 is 23.2 Å². The monoisotopic (exact) mass is 281 g/mol. The lowest BCUT2D eigenvalue weighted by molar-refractivity contribution is 0.219. The highest BCUT2D eigenvalue weighted by molar-refractivity contribution is 6.35. The van der Waals surface area contributed by atoms with Crippen LogP contribution in [0.1, 0.15) is 38.2 Å². The first-order valence-corrected chi connectivity index (χ1v) is 7.15. The Balaban J connectivity index is 2.18. The molecule has 1 aliphatic carbocycles. The Bertz CT molecular complexity index is 468. The van der Waals surface area contributed by atoms with Gasteiger partial charge in [-0.15, -0.1) is 0 Å².